The van der Waals surface area contributed by atoms with Crippen molar-refractivity contribution in [2.24, 2.45) is 11.7 Å². The Morgan fingerprint density at radius 1 is 1.14 bits per heavy atom. The number of pyridine rings is 2. The Hall–Kier alpha value is -3.46. The Labute approximate surface area is 206 Å². The number of carbonyl (C=O) groups excluding carboxylic acids is 1. The number of nitrogens with zero attached hydrogens (tertiary/aromatic N) is 3. The molecule has 0 bridgehead atoms. The van der Waals surface area contributed by atoms with Crippen LogP contribution in [-0.2, 0) is 9.84 Å². The summed E-state index contributed by atoms with van der Waals surface area (Å²) < 4.78 is 33.3. The molecule has 0 spiro atoms. The summed E-state index contributed by atoms with van der Waals surface area (Å²) in [6.07, 6.45) is 1.94. The Kier molecular flexibility index (Phi) is 6.55. The second kappa shape index (κ2) is 9.30. The first-order valence-electron chi connectivity index (χ1n) is 11.5. The number of primary amides is 1. The van der Waals surface area contributed by atoms with Gasteiger partial charge in [-0.2, -0.15) is 0 Å². The fourth-order valence-corrected chi connectivity index (χ4v) is 6.14. The molecule has 1 saturated heterocycles. The number of carbonyl (C=O) groups is 1. The molecule has 1 fully saturated rings. The van der Waals surface area contributed by atoms with Crippen LogP contribution in [0.1, 0.15) is 56.1 Å². The van der Waals surface area contributed by atoms with Crippen LogP contribution in [0.15, 0.2) is 70.7 Å². The Balaban J connectivity index is 1.74. The second-order valence-corrected chi connectivity index (χ2v) is 11.5. The molecule has 0 saturated carbocycles. The van der Waals surface area contributed by atoms with Gasteiger partial charge in [0.1, 0.15) is 17.5 Å². The van der Waals surface area contributed by atoms with E-state index in [4.69, 9.17) is 10.5 Å². The Morgan fingerprint density at radius 2 is 1.86 bits per heavy atom. The number of ether oxygens (including phenoxy) is 1. The van der Waals surface area contributed by atoms with Crippen molar-refractivity contribution in [3.63, 3.8) is 0 Å². The van der Waals surface area contributed by atoms with Crippen LogP contribution in [0.3, 0.4) is 0 Å². The summed E-state index contributed by atoms with van der Waals surface area (Å²) in [5.74, 6) is -0.0631. The topological polar surface area (TPSA) is 115 Å². The average molecular weight is 495 g/mol. The highest BCUT2D eigenvalue weighted by Gasteiger charge is 2.40. The van der Waals surface area contributed by atoms with Gasteiger partial charge in [0.25, 0.3) is 5.91 Å². The summed E-state index contributed by atoms with van der Waals surface area (Å²) in [5, 5.41) is -0.232. The maximum atomic E-state index is 13.7. The summed E-state index contributed by atoms with van der Waals surface area (Å²) in [6.45, 7) is 8.69. The molecule has 0 aliphatic carbocycles. The molecule has 9 heteroatoms. The number of aromatic nitrogens is 2. The van der Waals surface area contributed by atoms with E-state index in [2.05, 4.69) is 16.9 Å². The molecule has 2 atom stereocenters. The SMILES string of the molecule is CC1CN(c2nccc(S(=O)(=O)c3cccc(O[C@H](C)c4ccccc4)n3)c2C(N)=O)C(C)(C)C1. The van der Waals surface area contributed by atoms with Gasteiger partial charge in [-0.3, -0.25) is 4.79 Å². The summed E-state index contributed by atoms with van der Waals surface area (Å²) in [5.41, 5.74) is 6.22. The highest BCUT2D eigenvalue weighted by Crippen LogP contribution is 2.39. The highest BCUT2D eigenvalue weighted by molar-refractivity contribution is 7.91. The number of anilines is 1. The zero-order valence-corrected chi connectivity index (χ0v) is 21.1. The van der Waals surface area contributed by atoms with Crippen molar-refractivity contribution >= 4 is 21.6 Å². The molecular weight excluding hydrogens is 464 g/mol. The van der Waals surface area contributed by atoms with Crippen LogP contribution in [0.5, 0.6) is 5.88 Å². The third kappa shape index (κ3) is 4.86. The van der Waals surface area contributed by atoms with Gasteiger partial charge in [-0.25, -0.2) is 18.4 Å². The average Bonchev–Trinajstić information content (AvgIpc) is 3.10. The quantitative estimate of drug-likeness (QED) is 0.524. The number of rotatable bonds is 7. The highest BCUT2D eigenvalue weighted by atomic mass is 32.2. The minimum Gasteiger partial charge on any atom is -0.470 e. The van der Waals surface area contributed by atoms with Crippen molar-refractivity contribution in [2.45, 2.75) is 55.7 Å². The van der Waals surface area contributed by atoms with Gasteiger partial charge in [-0.05, 0) is 50.8 Å². The largest absolute Gasteiger partial charge is 0.470 e. The zero-order valence-electron chi connectivity index (χ0n) is 20.3. The number of nitrogens with two attached hydrogens (primary N) is 1. The van der Waals surface area contributed by atoms with Crippen LogP contribution < -0.4 is 15.4 Å². The lowest BCUT2D eigenvalue weighted by molar-refractivity contribution is 0.0997. The fourth-order valence-electron chi connectivity index (χ4n) is 4.75. The molecule has 1 aliphatic rings. The third-order valence-corrected chi connectivity index (χ3v) is 7.99. The van der Waals surface area contributed by atoms with E-state index in [0.717, 1.165) is 12.0 Å². The van der Waals surface area contributed by atoms with Gasteiger partial charge >= 0.3 is 0 Å². The molecule has 1 aliphatic heterocycles. The van der Waals surface area contributed by atoms with Crippen molar-refractivity contribution in [1.82, 2.24) is 9.97 Å². The molecule has 184 valence electrons. The summed E-state index contributed by atoms with van der Waals surface area (Å²) in [4.78, 5) is 23.0. The van der Waals surface area contributed by atoms with E-state index in [0.29, 0.717) is 12.5 Å². The minimum atomic E-state index is -4.20. The van der Waals surface area contributed by atoms with Crippen molar-refractivity contribution in [3.8, 4) is 5.88 Å². The van der Waals surface area contributed by atoms with Crippen molar-refractivity contribution in [1.29, 1.82) is 0 Å². The first kappa shape index (κ1) is 24.7. The second-order valence-electron chi connectivity index (χ2n) is 9.59. The third-order valence-electron chi connectivity index (χ3n) is 6.30. The van der Waals surface area contributed by atoms with Crippen LogP contribution >= 0.6 is 0 Å². The van der Waals surface area contributed by atoms with Gasteiger partial charge in [-0.15, -0.1) is 0 Å². The van der Waals surface area contributed by atoms with Gasteiger partial charge in [0, 0.05) is 24.3 Å². The van der Waals surface area contributed by atoms with Crippen LogP contribution in [0.2, 0.25) is 0 Å². The number of benzene rings is 1. The summed E-state index contributed by atoms with van der Waals surface area (Å²) in [6, 6.07) is 15.4. The maximum absolute atomic E-state index is 13.7. The predicted octanol–water partition coefficient (Wildman–Crippen LogP) is 4.17. The molecule has 35 heavy (non-hydrogen) atoms. The standard InChI is InChI=1S/C26H30N4O4S/c1-17-15-26(3,4)30(16-17)25-23(24(27)31)20(13-14-28-25)35(32,33)22-12-8-11-21(29-22)34-18(2)19-9-6-5-7-10-19/h5-14,17-18H,15-16H2,1-4H3,(H2,27,31)/t17?,18-/m1/s1. The van der Waals surface area contributed by atoms with Gasteiger partial charge in [0.15, 0.2) is 5.03 Å². The number of sulfone groups is 1. The van der Waals surface area contributed by atoms with Gasteiger partial charge in [0.2, 0.25) is 15.7 Å². The normalized spacial score (nSPS) is 18.3. The van der Waals surface area contributed by atoms with Gasteiger partial charge in [-0.1, -0.05) is 43.3 Å². The molecule has 2 aromatic heterocycles. The Bertz CT molecular complexity index is 1340. The van der Waals surface area contributed by atoms with E-state index in [1.54, 1.807) is 12.1 Å². The van der Waals surface area contributed by atoms with E-state index >= 15 is 0 Å². The van der Waals surface area contributed by atoms with Crippen molar-refractivity contribution in [3.05, 3.63) is 71.9 Å². The zero-order chi connectivity index (χ0) is 25.4. The summed E-state index contributed by atoms with van der Waals surface area (Å²) >= 11 is 0. The molecule has 3 heterocycles. The van der Waals surface area contributed by atoms with E-state index in [1.807, 2.05) is 56.0 Å². The smallest absolute Gasteiger partial charge is 0.253 e. The van der Waals surface area contributed by atoms with Crippen LogP contribution in [0.25, 0.3) is 0 Å². The number of hydrogen-bond donors (Lipinski definition) is 1. The molecule has 1 aromatic carbocycles. The lowest BCUT2D eigenvalue weighted by Gasteiger charge is -2.33. The maximum Gasteiger partial charge on any atom is 0.253 e. The van der Waals surface area contributed by atoms with Gasteiger partial charge < -0.3 is 15.4 Å². The molecule has 0 radical (unpaired) electrons. The van der Waals surface area contributed by atoms with Crippen LogP contribution in [0.4, 0.5) is 5.82 Å². The van der Waals surface area contributed by atoms with Crippen molar-refractivity contribution < 1.29 is 17.9 Å². The van der Waals surface area contributed by atoms with E-state index < -0.39 is 15.7 Å². The molecule has 3 aromatic rings. The van der Waals surface area contributed by atoms with E-state index in [-0.39, 0.29) is 38.8 Å². The Morgan fingerprint density at radius 3 is 2.49 bits per heavy atom. The molecule has 4 rings (SSSR count). The predicted molar refractivity (Wildman–Crippen MR) is 133 cm³/mol. The monoisotopic (exact) mass is 494 g/mol. The molecule has 1 amide bonds. The van der Waals surface area contributed by atoms with E-state index in [9.17, 15) is 13.2 Å². The number of amides is 1. The van der Waals surface area contributed by atoms with Gasteiger partial charge in [0.05, 0.1) is 4.90 Å². The van der Waals surface area contributed by atoms with E-state index in [1.165, 1.54) is 18.3 Å². The van der Waals surface area contributed by atoms with Crippen molar-refractivity contribution in [2.75, 3.05) is 11.4 Å². The lowest BCUT2D eigenvalue weighted by atomic mass is 9.97. The van der Waals surface area contributed by atoms with Crippen LogP contribution in [-0.4, -0.2) is 36.4 Å². The minimum absolute atomic E-state index is 0.125. The molecule has 8 nitrogen and oxygen atoms in total. The summed E-state index contributed by atoms with van der Waals surface area (Å²) in [7, 11) is -4.20. The molecule has 2 N–H and O–H groups in total. The van der Waals surface area contributed by atoms with Crippen LogP contribution in [0, 0.1) is 5.92 Å². The fraction of sp³-hybridized carbons (Fsp3) is 0.346. The molecule has 1 unspecified atom stereocenters. The number of hydrogen-bond acceptors (Lipinski definition) is 7. The first-order chi connectivity index (χ1) is 16.5. The lowest BCUT2D eigenvalue weighted by Crippen LogP contribution is -2.40. The molecular formula is C26H30N4O4S. The first-order valence-corrected chi connectivity index (χ1v) is 13.0.